The molecular formula is C14H20FN3O. The van der Waals surface area contributed by atoms with Crippen molar-refractivity contribution in [3.63, 3.8) is 0 Å². The molecule has 1 aliphatic rings. The predicted octanol–water partition coefficient (Wildman–Crippen LogP) is 2.43. The van der Waals surface area contributed by atoms with Gasteiger partial charge in [-0.2, -0.15) is 0 Å². The Morgan fingerprint density at radius 2 is 2.21 bits per heavy atom. The number of hydrogen-bond acceptors (Lipinski definition) is 2. The van der Waals surface area contributed by atoms with Gasteiger partial charge in [-0.25, -0.2) is 9.18 Å². The lowest BCUT2D eigenvalue weighted by molar-refractivity contribution is 0.192. The van der Waals surface area contributed by atoms with Crippen molar-refractivity contribution in [1.29, 1.82) is 0 Å². The second kappa shape index (κ2) is 6.52. The van der Waals surface area contributed by atoms with Crippen LogP contribution in [0.5, 0.6) is 0 Å². The Labute approximate surface area is 113 Å². The summed E-state index contributed by atoms with van der Waals surface area (Å²) in [6, 6.07) is 5.98. The zero-order chi connectivity index (χ0) is 13.7. The first-order valence-corrected chi connectivity index (χ1v) is 6.74. The predicted molar refractivity (Wildman–Crippen MR) is 73.7 cm³/mol. The maximum absolute atomic E-state index is 12.8. The summed E-state index contributed by atoms with van der Waals surface area (Å²) >= 11 is 0. The molecule has 1 fully saturated rings. The van der Waals surface area contributed by atoms with Crippen molar-refractivity contribution in [3.8, 4) is 0 Å². The highest BCUT2D eigenvalue weighted by Gasteiger charge is 2.25. The lowest BCUT2D eigenvalue weighted by Gasteiger charge is -2.28. The van der Waals surface area contributed by atoms with Gasteiger partial charge in [-0.1, -0.05) is 6.92 Å². The second-order valence-corrected chi connectivity index (χ2v) is 4.78. The van der Waals surface area contributed by atoms with Gasteiger partial charge < -0.3 is 15.5 Å². The Bertz CT molecular complexity index is 415. The Morgan fingerprint density at radius 3 is 2.79 bits per heavy atom. The molecule has 0 aliphatic carbocycles. The fraction of sp³-hybridized carbons (Fsp3) is 0.500. The van der Waals surface area contributed by atoms with Gasteiger partial charge in [0.1, 0.15) is 5.82 Å². The van der Waals surface area contributed by atoms with E-state index in [1.807, 2.05) is 4.90 Å². The standard InChI is InChI=1S/C14H20FN3O/c1-2-9-18(13-7-8-16-10-13)14(19)17-12-5-3-11(15)4-6-12/h3-6,13,16H,2,7-10H2,1H3,(H,17,19). The first-order valence-electron chi connectivity index (χ1n) is 6.74. The molecule has 1 saturated heterocycles. The molecule has 0 bridgehead atoms. The summed E-state index contributed by atoms with van der Waals surface area (Å²) in [5.41, 5.74) is 0.624. The summed E-state index contributed by atoms with van der Waals surface area (Å²) in [4.78, 5) is 14.1. The summed E-state index contributed by atoms with van der Waals surface area (Å²) in [7, 11) is 0. The smallest absolute Gasteiger partial charge is 0.320 e. The van der Waals surface area contributed by atoms with Gasteiger partial charge in [-0.05, 0) is 43.7 Å². The van der Waals surface area contributed by atoms with Gasteiger partial charge >= 0.3 is 6.03 Å². The Balaban J connectivity index is 2.00. The van der Waals surface area contributed by atoms with Gasteiger partial charge in [0.2, 0.25) is 0 Å². The molecule has 0 saturated carbocycles. The highest BCUT2D eigenvalue weighted by molar-refractivity contribution is 5.89. The minimum atomic E-state index is -0.302. The lowest BCUT2D eigenvalue weighted by atomic mass is 10.2. The third kappa shape index (κ3) is 3.67. The van der Waals surface area contributed by atoms with E-state index in [0.29, 0.717) is 5.69 Å². The molecule has 4 nitrogen and oxygen atoms in total. The van der Waals surface area contributed by atoms with Crippen LogP contribution in [-0.2, 0) is 0 Å². The van der Waals surface area contributed by atoms with Crippen molar-refractivity contribution in [1.82, 2.24) is 10.2 Å². The Kier molecular flexibility index (Phi) is 4.74. The fourth-order valence-electron chi connectivity index (χ4n) is 2.32. The number of amides is 2. The van der Waals surface area contributed by atoms with E-state index in [9.17, 15) is 9.18 Å². The molecule has 2 N–H and O–H groups in total. The lowest BCUT2D eigenvalue weighted by Crippen LogP contribution is -2.44. The quantitative estimate of drug-likeness (QED) is 0.878. The van der Waals surface area contributed by atoms with Crippen molar-refractivity contribution in [3.05, 3.63) is 30.1 Å². The van der Waals surface area contributed by atoms with Crippen LogP contribution in [0.2, 0.25) is 0 Å². The average Bonchev–Trinajstić information content (AvgIpc) is 2.92. The van der Waals surface area contributed by atoms with Crippen LogP contribution in [0.15, 0.2) is 24.3 Å². The third-order valence-electron chi connectivity index (χ3n) is 3.30. The van der Waals surface area contributed by atoms with Crippen molar-refractivity contribution in [2.75, 3.05) is 25.0 Å². The van der Waals surface area contributed by atoms with E-state index in [2.05, 4.69) is 17.6 Å². The number of benzene rings is 1. The molecule has 2 amide bonds. The van der Waals surface area contributed by atoms with Crippen LogP contribution in [0.4, 0.5) is 14.9 Å². The molecule has 0 radical (unpaired) electrons. The molecule has 1 atom stereocenters. The normalized spacial score (nSPS) is 18.3. The number of anilines is 1. The molecule has 1 heterocycles. The first kappa shape index (κ1) is 13.8. The van der Waals surface area contributed by atoms with Gasteiger partial charge in [-0.15, -0.1) is 0 Å². The maximum atomic E-state index is 12.8. The van der Waals surface area contributed by atoms with E-state index in [4.69, 9.17) is 0 Å². The molecule has 1 unspecified atom stereocenters. The van der Waals surface area contributed by atoms with E-state index in [-0.39, 0.29) is 17.9 Å². The summed E-state index contributed by atoms with van der Waals surface area (Å²) in [5, 5.41) is 6.09. The number of nitrogens with zero attached hydrogens (tertiary/aromatic N) is 1. The summed E-state index contributed by atoms with van der Waals surface area (Å²) < 4.78 is 12.8. The highest BCUT2D eigenvalue weighted by Crippen LogP contribution is 2.13. The van der Waals surface area contributed by atoms with Crippen molar-refractivity contribution < 1.29 is 9.18 Å². The monoisotopic (exact) mass is 265 g/mol. The number of rotatable bonds is 4. The fourth-order valence-corrected chi connectivity index (χ4v) is 2.32. The maximum Gasteiger partial charge on any atom is 0.322 e. The molecule has 19 heavy (non-hydrogen) atoms. The minimum Gasteiger partial charge on any atom is -0.320 e. The van der Waals surface area contributed by atoms with Crippen molar-refractivity contribution in [2.24, 2.45) is 0 Å². The average molecular weight is 265 g/mol. The molecule has 2 rings (SSSR count). The number of hydrogen-bond donors (Lipinski definition) is 2. The molecule has 5 heteroatoms. The van der Waals surface area contributed by atoms with Gasteiger partial charge in [0.15, 0.2) is 0 Å². The zero-order valence-corrected chi connectivity index (χ0v) is 11.2. The van der Waals surface area contributed by atoms with Gasteiger partial charge in [0, 0.05) is 24.8 Å². The van der Waals surface area contributed by atoms with Crippen LogP contribution in [0.3, 0.4) is 0 Å². The summed E-state index contributed by atoms with van der Waals surface area (Å²) in [6.45, 7) is 4.59. The van der Waals surface area contributed by atoms with E-state index < -0.39 is 0 Å². The minimum absolute atomic E-state index is 0.109. The van der Waals surface area contributed by atoms with Crippen LogP contribution in [0.25, 0.3) is 0 Å². The topological polar surface area (TPSA) is 44.4 Å². The van der Waals surface area contributed by atoms with Crippen LogP contribution < -0.4 is 10.6 Å². The van der Waals surface area contributed by atoms with Crippen LogP contribution in [-0.4, -0.2) is 36.6 Å². The van der Waals surface area contributed by atoms with E-state index >= 15 is 0 Å². The highest BCUT2D eigenvalue weighted by atomic mass is 19.1. The van der Waals surface area contributed by atoms with E-state index in [1.165, 1.54) is 12.1 Å². The Morgan fingerprint density at radius 1 is 1.47 bits per heavy atom. The third-order valence-corrected chi connectivity index (χ3v) is 3.30. The Hall–Kier alpha value is -1.62. The summed E-state index contributed by atoms with van der Waals surface area (Å²) in [5.74, 6) is -0.302. The van der Waals surface area contributed by atoms with Crippen LogP contribution >= 0.6 is 0 Å². The number of carbonyl (C=O) groups is 1. The first-order chi connectivity index (χ1) is 9.20. The van der Waals surface area contributed by atoms with E-state index in [1.54, 1.807) is 12.1 Å². The van der Waals surface area contributed by atoms with Gasteiger partial charge in [-0.3, -0.25) is 0 Å². The molecular weight excluding hydrogens is 245 g/mol. The van der Waals surface area contributed by atoms with E-state index in [0.717, 1.165) is 32.5 Å². The number of nitrogens with one attached hydrogen (secondary N) is 2. The molecule has 1 aliphatic heterocycles. The van der Waals surface area contributed by atoms with Crippen LogP contribution in [0.1, 0.15) is 19.8 Å². The van der Waals surface area contributed by atoms with Crippen molar-refractivity contribution >= 4 is 11.7 Å². The van der Waals surface area contributed by atoms with Gasteiger partial charge in [0.25, 0.3) is 0 Å². The zero-order valence-electron chi connectivity index (χ0n) is 11.2. The van der Waals surface area contributed by atoms with Crippen molar-refractivity contribution in [2.45, 2.75) is 25.8 Å². The molecule has 104 valence electrons. The molecule has 1 aromatic rings. The number of carbonyl (C=O) groups excluding carboxylic acids is 1. The van der Waals surface area contributed by atoms with Gasteiger partial charge in [0.05, 0.1) is 0 Å². The largest absolute Gasteiger partial charge is 0.322 e. The summed E-state index contributed by atoms with van der Waals surface area (Å²) in [6.07, 6.45) is 1.91. The molecule has 0 spiro atoms. The number of halogens is 1. The molecule has 0 aromatic heterocycles. The molecule has 1 aromatic carbocycles. The van der Waals surface area contributed by atoms with Crippen LogP contribution in [0, 0.1) is 5.82 Å². The SMILES string of the molecule is CCCN(C(=O)Nc1ccc(F)cc1)C1CCNC1. The number of urea groups is 1. The second-order valence-electron chi connectivity index (χ2n) is 4.78.